The molecule has 5 heteroatoms. The molecule has 0 saturated heterocycles. The van der Waals surface area contributed by atoms with Crippen molar-refractivity contribution in [1.82, 2.24) is 9.97 Å². The largest absolute Gasteiger partial charge is 0.471 e. The summed E-state index contributed by atoms with van der Waals surface area (Å²) in [5.41, 5.74) is 0.909. The minimum Gasteiger partial charge on any atom is -0.471 e. The highest BCUT2D eigenvalue weighted by Gasteiger charge is 2.10. The van der Waals surface area contributed by atoms with Crippen LogP contribution < -0.4 is 4.74 Å². The highest BCUT2D eigenvalue weighted by molar-refractivity contribution is 7.09. The van der Waals surface area contributed by atoms with Gasteiger partial charge in [-0.15, -0.1) is 11.3 Å². The number of aromatic nitrogens is 2. The zero-order valence-corrected chi connectivity index (χ0v) is 11.3. The van der Waals surface area contributed by atoms with Crippen LogP contribution in [-0.2, 0) is 11.3 Å². The SMILES string of the molecule is CCO[C@H](C)c1nc(COc2ccccn2)cs1. The number of rotatable bonds is 6. The maximum absolute atomic E-state index is 5.54. The van der Waals surface area contributed by atoms with Crippen molar-refractivity contribution in [2.24, 2.45) is 0 Å². The lowest BCUT2D eigenvalue weighted by Crippen LogP contribution is -2.01. The van der Waals surface area contributed by atoms with Gasteiger partial charge in [0.15, 0.2) is 0 Å². The molecule has 0 bridgehead atoms. The molecule has 0 saturated carbocycles. The lowest BCUT2D eigenvalue weighted by atomic mass is 10.4. The third-order valence-electron chi connectivity index (χ3n) is 2.34. The summed E-state index contributed by atoms with van der Waals surface area (Å²) in [5, 5.41) is 2.98. The van der Waals surface area contributed by atoms with E-state index in [1.165, 1.54) is 0 Å². The van der Waals surface area contributed by atoms with Crippen molar-refractivity contribution < 1.29 is 9.47 Å². The first-order chi connectivity index (χ1) is 8.79. The Kier molecular flexibility index (Phi) is 4.66. The highest BCUT2D eigenvalue weighted by atomic mass is 32.1. The van der Waals surface area contributed by atoms with Gasteiger partial charge in [-0.1, -0.05) is 6.07 Å². The molecular weight excluding hydrogens is 248 g/mol. The summed E-state index contributed by atoms with van der Waals surface area (Å²) < 4.78 is 11.0. The summed E-state index contributed by atoms with van der Waals surface area (Å²) in [6.45, 7) is 5.12. The Balaban J connectivity index is 1.91. The third-order valence-corrected chi connectivity index (χ3v) is 3.39. The first-order valence-electron chi connectivity index (χ1n) is 5.89. The fraction of sp³-hybridized carbons (Fsp3) is 0.385. The molecule has 96 valence electrons. The predicted octanol–water partition coefficient (Wildman–Crippen LogP) is 3.21. The Morgan fingerprint density at radius 2 is 2.28 bits per heavy atom. The Morgan fingerprint density at radius 3 is 3.00 bits per heavy atom. The third kappa shape index (κ3) is 3.51. The molecular formula is C13H16N2O2S. The monoisotopic (exact) mass is 264 g/mol. The number of ether oxygens (including phenoxy) is 2. The van der Waals surface area contributed by atoms with E-state index in [9.17, 15) is 0 Å². The molecule has 0 fully saturated rings. The molecule has 0 amide bonds. The highest BCUT2D eigenvalue weighted by Crippen LogP contribution is 2.21. The number of pyridine rings is 1. The van der Waals surface area contributed by atoms with Crippen molar-refractivity contribution in [3.05, 3.63) is 40.5 Å². The molecule has 2 heterocycles. The molecule has 2 aromatic rings. The van der Waals surface area contributed by atoms with Crippen LogP contribution in [0.5, 0.6) is 5.88 Å². The van der Waals surface area contributed by atoms with Crippen LogP contribution in [0.4, 0.5) is 0 Å². The lowest BCUT2D eigenvalue weighted by molar-refractivity contribution is 0.0760. The lowest BCUT2D eigenvalue weighted by Gasteiger charge is -2.07. The molecule has 0 aliphatic heterocycles. The van der Waals surface area contributed by atoms with E-state index in [2.05, 4.69) is 9.97 Å². The fourth-order valence-electron chi connectivity index (χ4n) is 1.48. The van der Waals surface area contributed by atoms with E-state index in [1.807, 2.05) is 37.4 Å². The standard InChI is InChI=1S/C13H16N2O2S/c1-3-16-10(2)13-15-11(9-18-13)8-17-12-6-4-5-7-14-12/h4-7,9-10H,3,8H2,1-2H3/t10-/m1/s1. The van der Waals surface area contributed by atoms with Crippen LogP contribution in [0, 0.1) is 0 Å². The van der Waals surface area contributed by atoms with Crippen molar-refractivity contribution in [2.75, 3.05) is 6.61 Å². The maximum Gasteiger partial charge on any atom is 0.213 e. The van der Waals surface area contributed by atoms with Crippen molar-refractivity contribution in [1.29, 1.82) is 0 Å². The second-order valence-corrected chi connectivity index (χ2v) is 4.62. The maximum atomic E-state index is 5.54. The molecule has 0 radical (unpaired) electrons. The summed E-state index contributed by atoms with van der Waals surface area (Å²) in [6, 6.07) is 5.58. The molecule has 18 heavy (non-hydrogen) atoms. The van der Waals surface area contributed by atoms with E-state index < -0.39 is 0 Å². The van der Waals surface area contributed by atoms with Crippen LogP contribution >= 0.6 is 11.3 Å². The summed E-state index contributed by atoms with van der Waals surface area (Å²) in [7, 11) is 0. The molecule has 1 atom stereocenters. The van der Waals surface area contributed by atoms with Gasteiger partial charge in [0, 0.05) is 24.3 Å². The van der Waals surface area contributed by atoms with Crippen molar-refractivity contribution in [3.63, 3.8) is 0 Å². The molecule has 2 aromatic heterocycles. The van der Waals surface area contributed by atoms with E-state index in [0.29, 0.717) is 19.1 Å². The zero-order valence-electron chi connectivity index (χ0n) is 10.5. The summed E-state index contributed by atoms with van der Waals surface area (Å²) in [5.74, 6) is 0.616. The van der Waals surface area contributed by atoms with E-state index >= 15 is 0 Å². The van der Waals surface area contributed by atoms with Crippen LogP contribution in [0.3, 0.4) is 0 Å². The Labute approximate surface area is 111 Å². The van der Waals surface area contributed by atoms with Crippen molar-refractivity contribution in [3.8, 4) is 5.88 Å². The van der Waals surface area contributed by atoms with Crippen LogP contribution in [0.15, 0.2) is 29.8 Å². The van der Waals surface area contributed by atoms with Crippen LogP contribution in [0.25, 0.3) is 0 Å². The Hall–Kier alpha value is -1.46. The first-order valence-corrected chi connectivity index (χ1v) is 6.77. The number of hydrogen-bond donors (Lipinski definition) is 0. The number of thiazole rings is 1. The topological polar surface area (TPSA) is 44.2 Å². The molecule has 0 unspecified atom stereocenters. The van der Waals surface area contributed by atoms with Gasteiger partial charge in [-0.3, -0.25) is 0 Å². The minimum absolute atomic E-state index is 0.0450. The molecule has 0 N–H and O–H groups in total. The van der Waals surface area contributed by atoms with Gasteiger partial charge in [-0.25, -0.2) is 9.97 Å². The summed E-state index contributed by atoms with van der Waals surface area (Å²) >= 11 is 1.60. The summed E-state index contributed by atoms with van der Waals surface area (Å²) in [4.78, 5) is 8.58. The summed E-state index contributed by atoms with van der Waals surface area (Å²) in [6.07, 6.45) is 1.75. The fourth-order valence-corrected chi connectivity index (χ4v) is 2.28. The number of hydrogen-bond acceptors (Lipinski definition) is 5. The number of nitrogens with zero attached hydrogens (tertiary/aromatic N) is 2. The average molecular weight is 264 g/mol. The minimum atomic E-state index is 0.0450. The van der Waals surface area contributed by atoms with Gasteiger partial charge in [0.1, 0.15) is 17.7 Å². The van der Waals surface area contributed by atoms with Crippen LogP contribution in [0.1, 0.15) is 30.7 Å². The smallest absolute Gasteiger partial charge is 0.213 e. The van der Waals surface area contributed by atoms with E-state index in [0.717, 1.165) is 10.7 Å². The van der Waals surface area contributed by atoms with Gasteiger partial charge < -0.3 is 9.47 Å². The second-order valence-electron chi connectivity index (χ2n) is 3.73. The van der Waals surface area contributed by atoms with E-state index in [1.54, 1.807) is 17.5 Å². The van der Waals surface area contributed by atoms with E-state index in [4.69, 9.17) is 9.47 Å². The molecule has 0 aromatic carbocycles. The van der Waals surface area contributed by atoms with Gasteiger partial charge in [0.05, 0.1) is 5.69 Å². The van der Waals surface area contributed by atoms with Gasteiger partial charge >= 0.3 is 0 Å². The Bertz CT molecular complexity index is 473. The zero-order chi connectivity index (χ0) is 12.8. The van der Waals surface area contributed by atoms with Crippen molar-refractivity contribution in [2.45, 2.75) is 26.6 Å². The van der Waals surface area contributed by atoms with E-state index in [-0.39, 0.29) is 6.10 Å². The molecule has 2 rings (SSSR count). The molecule has 0 spiro atoms. The van der Waals surface area contributed by atoms with Crippen molar-refractivity contribution >= 4 is 11.3 Å². The van der Waals surface area contributed by atoms with Gasteiger partial charge in [0.2, 0.25) is 5.88 Å². The average Bonchev–Trinajstić information content (AvgIpc) is 2.87. The molecule has 4 nitrogen and oxygen atoms in total. The molecule has 0 aliphatic carbocycles. The first kappa shape index (κ1) is 13.0. The van der Waals surface area contributed by atoms with Crippen LogP contribution in [-0.4, -0.2) is 16.6 Å². The predicted molar refractivity (Wildman–Crippen MR) is 70.7 cm³/mol. The van der Waals surface area contributed by atoms with Gasteiger partial charge in [0.25, 0.3) is 0 Å². The molecule has 0 aliphatic rings. The van der Waals surface area contributed by atoms with Gasteiger partial charge in [-0.05, 0) is 19.9 Å². The normalized spacial score (nSPS) is 12.3. The quantitative estimate of drug-likeness (QED) is 0.803. The second kappa shape index (κ2) is 6.47. The Morgan fingerprint density at radius 1 is 1.39 bits per heavy atom. The van der Waals surface area contributed by atoms with Gasteiger partial charge in [-0.2, -0.15) is 0 Å². The van der Waals surface area contributed by atoms with Crippen LogP contribution in [0.2, 0.25) is 0 Å².